The Balaban J connectivity index is 1.84. The monoisotopic (exact) mass is 384 g/mol. The predicted octanol–water partition coefficient (Wildman–Crippen LogP) is 4.81. The molecule has 110 valence electrons. The van der Waals surface area contributed by atoms with Gasteiger partial charge in [0.2, 0.25) is 5.91 Å². The molecule has 0 aliphatic carbocycles. The summed E-state index contributed by atoms with van der Waals surface area (Å²) in [5, 5.41) is 3.23. The lowest BCUT2D eigenvalue weighted by molar-refractivity contribution is -0.115. The number of anilines is 2. The number of amides is 1. The number of halogens is 2. The predicted molar refractivity (Wildman–Crippen MR) is 94.0 cm³/mol. The number of benzene rings is 2. The number of carbonyl (C=O) groups excluding carboxylic acids is 1. The van der Waals surface area contributed by atoms with Crippen LogP contribution in [0.3, 0.4) is 0 Å². The first-order chi connectivity index (χ1) is 10.1. The van der Waals surface area contributed by atoms with Gasteiger partial charge in [0.15, 0.2) is 0 Å². The SMILES string of the molecule is Nc1ccc(NC(=O)CCSc2ccccc2Br)c(Cl)c1. The molecule has 6 heteroatoms. The molecule has 2 rings (SSSR count). The fourth-order valence-electron chi connectivity index (χ4n) is 1.66. The Kier molecular flexibility index (Phi) is 5.96. The van der Waals surface area contributed by atoms with E-state index in [4.69, 9.17) is 17.3 Å². The van der Waals surface area contributed by atoms with Gasteiger partial charge in [-0.1, -0.05) is 23.7 Å². The van der Waals surface area contributed by atoms with Crippen LogP contribution in [0.4, 0.5) is 11.4 Å². The molecular formula is C15H14BrClN2OS. The second-order valence-electron chi connectivity index (χ2n) is 4.32. The Morgan fingerprint density at radius 3 is 2.76 bits per heavy atom. The maximum absolute atomic E-state index is 11.9. The number of hydrogen-bond acceptors (Lipinski definition) is 3. The van der Waals surface area contributed by atoms with Gasteiger partial charge in [0.25, 0.3) is 0 Å². The van der Waals surface area contributed by atoms with E-state index in [1.165, 1.54) is 0 Å². The Morgan fingerprint density at radius 1 is 1.29 bits per heavy atom. The first-order valence-electron chi connectivity index (χ1n) is 6.28. The Bertz CT molecular complexity index is 651. The molecule has 1 amide bonds. The van der Waals surface area contributed by atoms with Crippen molar-refractivity contribution in [1.29, 1.82) is 0 Å². The summed E-state index contributed by atoms with van der Waals surface area (Å²) in [7, 11) is 0. The summed E-state index contributed by atoms with van der Waals surface area (Å²) in [6, 6.07) is 13.0. The van der Waals surface area contributed by atoms with Crippen LogP contribution in [0.15, 0.2) is 51.8 Å². The minimum Gasteiger partial charge on any atom is -0.399 e. The zero-order chi connectivity index (χ0) is 15.2. The number of nitrogens with two attached hydrogens (primary N) is 1. The van der Waals surface area contributed by atoms with Gasteiger partial charge < -0.3 is 11.1 Å². The lowest BCUT2D eigenvalue weighted by Gasteiger charge is -2.08. The van der Waals surface area contributed by atoms with Crippen molar-refractivity contribution in [3.63, 3.8) is 0 Å². The van der Waals surface area contributed by atoms with Crippen LogP contribution in [0.1, 0.15) is 6.42 Å². The highest BCUT2D eigenvalue weighted by Crippen LogP contribution is 2.28. The Hall–Kier alpha value is -1.17. The molecule has 21 heavy (non-hydrogen) atoms. The summed E-state index contributed by atoms with van der Waals surface area (Å²) in [6.07, 6.45) is 0.409. The van der Waals surface area contributed by atoms with Crippen molar-refractivity contribution in [1.82, 2.24) is 0 Å². The maximum atomic E-state index is 11.9. The quantitative estimate of drug-likeness (QED) is 0.574. The number of hydrogen-bond donors (Lipinski definition) is 2. The molecule has 2 aromatic rings. The minimum absolute atomic E-state index is 0.0683. The summed E-state index contributed by atoms with van der Waals surface area (Å²) in [5.74, 6) is 0.627. The molecule has 0 saturated carbocycles. The third-order valence-electron chi connectivity index (χ3n) is 2.69. The standard InChI is InChI=1S/C15H14BrClN2OS/c16-11-3-1-2-4-14(11)21-8-7-15(20)19-13-6-5-10(18)9-12(13)17/h1-6,9H,7-8,18H2,(H,19,20). The zero-order valence-electron chi connectivity index (χ0n) is 11.1. The van der Waals surface area contributed by atoms with E-state index in [1.807, 2.05) is 24.3 Å². The van der Waals surface area contributed by atoms with Crippen LogP contribution in [-0.4, -0.2) is 11.7 Å². The number of nitrogen functional groups attached to an aromatic ring is 1. The lowest BCUT2D eigenvalue weighted by atomic mass is 10.3. The van der Waals surface area contributed by atoms with E-state index in [0.29, 0.717) is 28.6 Å². The van der Waals surface area contributed by atoms with Crippen LogP contribution in [-0.2, 0) is 4.79 Å². The summed E-state index contributed by atoms with van der Waals surface area (Å²) in [6.45, 7) is 0. The van der Waals surface area contributed by atoms with Crippen molar-refractivity contribution < 1.29 is 4.79 Å². The highest BCUT2D eigenvalue weighted by Gasteiger charge is 2.07. The highest BCUT2D eigenvalue weighted by molar-refractivity contribution is 9.10. The fourth-order valence-corrected chi connectivity index (χ4v) is 3.41. The van der Waals surface area contributed by atoms with Crippen LogP contribution in [0, 0.1) is 0 Å². The number of carbonyl (C=O) groups is 1. The van der Waals surface area contributed by atoms with Crippen LogP contribution in [0.25, 0.3) is 0 Å². The van der Waals surface area contributed by atoms with E-state index in [-0.39, 0.29) is 5.91 Å². The summed E-state index contributed by atoms with van der Waals surface area (Å²) >= 11 is 11.1. The second-order valence-corrected chi connectivity index (χ2v) is 6.71. The smallest absolute Gasteiger partial charge is 0.225 e. The molecule has 0 aromatic heterocycles. The number of rotatable bonds is 5. The van der Waals surface area contributed by atoms with Crippen molar-refractivity contribution in [3.05, 3.63) is 52.0 Å². The molecule has 0 aliphatic heterocycles. The Morgan fingerprint density at radius 2 is 2.05 bits per heavy atom. The van der Waals surface area contributed by atoms with E-state index in [1.54, 1.807) is 30.0 Å². The normalized spacial score (nSPS) is 10.4. The van der Waals surface area contributed by atoms with Gasteiger partial charge in [0.05, 0.1) is 10.7 Å². The van der Waals surface area contributed by atoms with Crippen molar-refractivity contribution in [2.45, 2.75) is 11.3 Å². The summed E-state index contributed by atoms with van der Waals surface area (Å²) < 4.78 is 1.04. The van der Waals surface area contributed by atoms with Gasteiger partial charge in [-0.25, -0.2) is 0 Å². The van der Waals surface area contributed by atoms with E-state index in [9.17, 15) is 4.79 Å². The first-order valence-corrected chi connectivity index (χ1v) is 8.44. The molecule has 0 unspecified atom stereocenters. The molecule has 0 radical (unpaired) electrons. The van der Waals surface area contributed by atoms with E-state index in [2.05, 4.69) is 21.2 Å². The number of nitrogens with one attached hydrogen (secondary N) is 1. The molecule has 0 bridgehead atoms. The van der Waals surface area contributed by atoms with Crippen LogP contribution in [0.2, 0.25) is 5.02 Å². The highest BCUT2D eigenvalue weighted by atomic mass is 79.9. The van der Waals surface area contributed by atoms with E-state index < -0.39 is 0 Å². The topological polar surface area (TPSA) is 55.1 Å². The molecule has 0 heterocycles. The van der Waals surface area contributed by atoms with Crippen molar-refractivity contribution in [2.75, 3.05) is 16.8 Å². The molecular weight excluding hydrogens is 372 g/mol. The van der Waals surface area contributed by atoms with Crippen molar-refractivity contribution in [2.24, 2.45) is 0 Å². The second kappa shape index (κ2) is 7.73. The largest absolute Gasteiger partial charge is 0.399 e. The molecule has 0 aliphatic rings. The summed E-state index contributed by atoms with van der Waals surface area (Å²) in [4.78, 5) is 13.0. The molecule has 3 nitrogen and oxygen atoms in total. The zero-order valence-corrected chi connectivity index (χ0v) is 14.3. The first kappa shape index (κ1) is 16.2. The lowest BCUT2D eigenvalue weighted by Crippen LogP contribution is -2.12. The molecule has 3 N–H and O–H groups in total. The third-order valence-corrected chi connectivity index (χ3v) is 5.03. The molecule has 0 fully saturated rings. The van der Waals surface area contributed by atoms with E-state index in [0.717, 1.165) is 9.37 Å². The van der Waals surface area contributed by atoms with E-state index >= 15 is 0 Å². The third kappa shape index (κ3) is 4.95. The summed E-state index contributed by atoms with van der Waals surface area (Å²) in [5.41, 5.74) is 6.77. The van der Waals surface area contributed by atoms with Crippen molar-refractivity contribution in [3.8, 4) is 0 Å². The Labute approximate surface area is 141 Å². The van der Waals surface area contributed by atoms with Gasteiger partial charge in [-0.2, -0.15) is 0 Å². The molecule has 2 aromatic carbocycles. The molecule has 0 spiro atoms. The maximum Gasteiger partial charge on any atom is 0.225 e. The minimum atomic E-state index is -0.0683. The number of thioether (sulfide) groups is 1. The van der Waals surface area contributed by atoms with Crippen molar-refractivity contribution >= 4 is 56.6 Å². The van der Waals surface area contributed by atoms with Crippen LogP contribution in [0.5, 0.6) is 0 Å². The molecule has 0 atom stereocenters. The van der Waals surface area contributed by atoms with Gasteiger partial charge in [-0.05, 0) is 46.3 Å². The average Bonchev–Trinajstić information content (AvgIpc) is 2.44. The average molecular weight is 386 g/mol. The van der Waals surface area contributed by atoms with Crippen LogP contribution >= 0.6 is 39.3 Å². The van der Waals surface area contributed by atoms with Gasteiger partial charge >= 0.3 is 0 Å². The fraction of sp³-hybridized carbons (Fsp3) is 0.133. The molecule has 0 saturated heterocycles. The van der Waals surface area contributed by atoms with Gasteiger partial charge in [0, 0.05) is 27.2 Å². The van der Waals surface area contributed by atoms with Gasteiger partial charge in [0.1, 0.15) is 0 Å². The van der Waals surface area contributed by atoms with Gasteiger partial charge in [-0.3, -0.25) is 4.79 Å². The van der Waals surface area contributed by atoms with Crippen LogP contribution < -0.4 is 11.1 Å². The van der Waals surface area contributed by atoms with Gasteiger partial charge in [-0.15, -0.1) is 11.8 Å².